The molecule has 7 heteroatoms. The van der Waals surface area contributed by atoms with Crippen molar-refractivity contribution in [1.82, 2.24) is 15.1 Å². The van der Waals surface area contributed by atoms with Gasteiger partial charge in [-0.2, -0.15) is 5.26 Å². The van der Waals surface area contributed by atoms with Crippen LogP contribution < -0.4 is 5.73 Å². The first-order chi connectivity index (χ1) is 17.9. The Labute approximate surface area is 216 Å². The zero-order valence-electron chi connectivity index (χ0n) is 21.0. The summed E-state index contributed by atoms with van der Waals surface area (Å²) in [5, 5.41) is 18.3. The molecule has 2 heterocycles. The molecule has 1 amide bonds. The van der Waals surface area contributed by atoms with Gasteiger partial charge in [0.2, 0.25) is 11.8 Å². The summed E-state index contributed by atoms with van der Waals surface area (Å²) in [4.78, 5) is 15.4. The van der Waals surface area contributed by atoms with Gasteiger partial charge in [-0.05, 0) is 74.1 Å². The topological polar surface area (TPSA) is 109 Å². The maximum Gasteiger partial charge on any atom is 0.254 e. The highest BCUT2D eigenvalue weighted by Crippen LogP contribution is 2.32. The lowest BCUT2D eigenvalue weighted by molar-refractivity contribution is 0.0747. The third kappa shape index (κ3) is 5.02. The second-order valence-electron chi connectivity index (χ2n) is 9.94. The largest absolute Gasteiger partial charge is 0.419 e. The van der Waals surface area contributed by atoms with E-state index in [-0.39, 0.29) is 17.8 Å². The Hall–Kier alpha value is -4.28. The minimum Gasteiger partial charge on any atom is -0.419 e. The second kappa shape index (κ2) is 10.00. The van der Waals surface area contributed by atoms with E-state index < -0.39 is 5.54 Å². The van der Waals surface area contributed by atoms with Crippen molar-refractivity contribution >= 4 is 5.91 Å². The number of hydrogen-bond acceptors (Lipinski definition) is 6. The van der Waals surface area contributed by atoms with Crippen LogP contribution in [0.15, 0.2) is 77.2 Å². The fourth-order valence-electron chi connectivity index (χ4n) is 4.93. The Balaban J connectivity index is 1.56. The van der Waals surface area contributed by atoms with Gasteiger partial charge in [0.1, 0.15) is 0 Å². The van der Waals surface area contributed by atoms with Crippen LogP contribution in [0.5, 0.6) is 0 Å². The number of nitrogens with two attached hydrogens (primary N) is 1. The average Bonchev–Trinajstić information content (AvgIpc) is 3.58. The normalized spacial score (nSPS) is 16.8. The van der Waals surface area contributed by atoms with Crippen molar-refractivity contribution in [2.24, 2.45) is 5.73 Å². The van der Waals surface area contributed by atoms with Crippen LogP contribution in [0, 0.1) is 11.3 Å². The quantitative estimate of drug-likeness (QED) is 0.391. The molecule has 1 aromatic heterocycles. The van der Waals surface area contributed by atoms with Crippen LogP contribution in [0.2, 0.25) is 0 Å². The predicted octanol–water partition coefficient (Wildman–Crippen LogP) is 5.32. The molecule has 7 nitrogen and oxygen atoms in total. The summed E-state index contributed by atoms with van der Waals surface area (Å²) < 4.78 is 6.10. The number of carbonyl (C=O) groups is 1. The summed E-state index contributed by atoms with van der Waals surface area (Å²) in [5.74, 6) is 0.546. The molecule has 0 radical (unpaired) electrons. The first-order valence-corrected chi connectivity index (χ1v) is 12.5. The molecule has 0 aliphatic carbocycles. The predicted molar refractivity (Wildman–Crippen MR) is 141 cm³/mol. The summed E-state index contributed by atoms with van der Waals surface area (Å²) in [7, 11) is 0. The Morgan fingerprint density at radius 1 is 1.11 bits per heavy atom. The van der Waals surface area contributed by atoms with E-state index in [2.05, 4.69) is 23.2 Å². The number of benzene rings is 3. The number of rotatable bonds is 6. The summed E-state index contributed by atoms with van der Waals surface area (Å²) in [5.41, 5.74) is 9.93. The van der Waals surface area contributed by atoms with E-state index in [0.717, 1.165) is 36.1 Å². The number of hydrogen-bond donors (Lipinski definition) is 1. The minimum absolute atomic E-state index is 0.0463. The molecular weight excluding hydrogens is 462 g/mol. The number of likely N-dealkylation sites (tertiary alicyclic amines) is 1. The van der Waals surface area contributed by atoms with Gasteiger partial charge < -0.3 is 15.1 Å². The van der Waals surface area contributed by atoms with Crippen molar-refractivity contribution in [3.05, 3.63) is 95.4 Å². The van der Waals surface area contributed by atoms with Gasteiger partial charge in [-0.25, -0.2) is 0 Å². The molecule has 0 unspecified atom stereocenters. The van der Waals surface area contributed by atoms with Crippen LogP contribution in [0.1, 0.15) is 54.1 Å². The van der Waals surface area contributed by atoms with E-state index in [9.17, 15) is 10.1 Å². The highest BCUT2D eigenvalue weighted by molar-refractivity contribution is 5.97. The first-order valence-electron chi connectivity index (χ1n) is 12.5. The van der Waals surface area contributed by atoms with Crippen LogP contribution >= 0.6 is 0 Å². The molecule has 186 valence electrons. The van der Waals surface area contributed by atoms with Crippen LogP contribution in [-0.2, 0) is 12.0 Å². The van der Waals surface area contributed by atoms with Crippen molar-refractivity contribution in [2.45, 2.75) is 44.7 Å². The highest BCUT2D eigenvalue weighted by atomic mass is 16.4. The van der Waals surface area contributed by atoms with Crippen molar-refractivity contribution in [3.63, 3.8) is 0 Å². The van der Waals surface area contributed by atoms with Crippen molar-refractivity contribution < 1.29 is 9.21 Å². The van der Waals surface area contributed by atoms with E-state index in [1.54, 1.807) is 12.1 Å². The standard InChI is InChI=1S/C30H29N5O2/c1-20-9-8-14-35(20)28(36)25-16-23(26-13-7-6-12-22(26)19-31)15-24(17-25)27-33-34-29(37-27)30(2,32)18-21-10-4-3-5-11-21/h3-7,10-13,15-17,20H,8-9,14,18,32H2,1-2H3/t20-,30+/m0/s1. The Kier molecular flexibility index (Phi) is 6.60. The zero-order valence-corrected chi connectivity index (χ0v) is 21.0. The van der Waals surface area contributed by atoms with Crippen LogP contribution in [0.4, 0.5) is 0 Å². The number of nitrogens with zero attached hydrogens (tertiary/aromatic N) is 4. The van der Waals surface area contributed by atoms with Gasteiger partial charge in [0.25, 0.3) is 5.91 Å². The van der Waals surface area contributed by atoms with Crippen molar-refractivity contribution in [2.75, 3.05) is 6.54 Å². The van der Waals surface area contributed by atoms with Crippen LogP contribution in [0.25, 0.3) is 22.6 Å². The molecule has 1 aliphatic heterocycles. The number of carbonyl (C=O) groups excluding carboxylic acids is 1. The molecule has 2 N–H and O–H groups in total. The van der Waals surface area contributed by atoms with Crippen molar-refractivity contribution in [3.8, 4) is 28.7 Å². The maximum atomic E-state index is 13.5. The summed E-state index contributed by atoms with van der Waals surface area (Å²) in [6, 6.07) is 25.2. The molecule has 3 aromatic carbocycles. The van der Waals surface area contributed by atoms with E-state index >= 15 is 0 Å². The van der Waals surface area contributed by atoms with E-state index in [4.69, 9.17) is 10.2 Å². The molecule has 1 saturated heterocycles. The number of nitriles is 1. The lowest BCUT2D eigenvalue weighted by atomic mass is 9.94. The summed E-state index contributed by atoms with van der Waals surface area (Å²) in [6.45, 7) is 4.66. The van der Waals surface area contributed by atoms with Crippen LogP contribution in [-0.4, -0.2) is 33.6 Å². The fraction of sp³-hybridized carbons (Fsp3) is 0.267. The van der Waals surface area contributed by atoms with Gasteiger partial charge in [-0.1, -0.05) is 48.5 Å². The zero-order chi connectivity index (χ0) is 26.0. The van der Waals surface area contributed by atoms with Crippen molar-refractivity contribution in [1.29, 1.82) is 5.26 Å². The average molecular weight is 492 g/mol. The van der Waals surface area contributed by atoms with Crippen LogP contribution in [0.3, 0.4) is 0 Å². The minimum atomic E-state index is -0.874. The van der Waals surface area contributed by atoms with Gasteiger partial charge in [0.05, 0.1) is 17.2 Å². The highest BCUT2D eigenvalue weighted by Gasteiger charge is 2.30. The summed E-state index contributed by atoms with van der Waals surface area (Å²) in [6.07, 6.45) is 2.50. The number of amides is 1. The Morgan fingerprint density at radius 2 is 1.84 bits per heavy atom. The summed E-state index contributed by atoms with van der Waals surface area (Å²) >= 11 is 0. The molecule has 4 aromatic rings. The van der Waals surface area contributed by atoms with E-state index in [0.29, 0.717) is 29.0 Å². The van der Waals surface area contributed by atoms with Gasteiger partial charge in [0.15, 0.2) is 0 Å². The van der Waals surface area contributed by atoms with Gasteiger partial charge >= 0.3 is 0 Å². The Bertz CT molecular complexity index is 1470. The third-order valence-electron chi connectivity index (χ3n) is 6.93. The lowest BCUT2D eigenvalue weighted by Crippen LogP contribution is -2.35. The Morgan fingerprint density at radius 3 is 2.57 bits per heavy atom. The SMILES string of the molecule is C[C@H]1CCCN1C(=O)c1cc(-c2nnc([C@](C)(N)Cc3ccccc3)o2)cc(-c2ccccc2C#N)c1. The molecule has 2 atom stereocenters. The maximum absolute atomic E-state index is 13.5. The number of aromatic nitrogens is 2. The molecule has 1 aliphatic rings. The third-order valence-corrected chi connectivity index (χ3v) is 6.93. The van der Waals surface area contributed by atoms with Gasteiger partial charge in [0, 0.05) is 23.7 Å². The van der Waals surface area contributed by atoms with Gasteiger partial charge in [-0.3, -0.25) is 4.79 Å². The molecule has 0 bridgehead atoms. The molecule has 5 rings (SSSR count). The van der Waals surface area contributed by atoms with E-state index in [1.165, 1.54) is 0 Å². The smallest absolute Gasteiger partial charge is 0.254 e. The first kappa shape index (κ1) is 24.4. The molecule has 37 heavy (non-hydrogen) atoms. The molecule has 1 fully saturated rings. The molecule has 0 saturated carbocycles. The second-order valence-corrected chi connectivity index (χ2v) is 9.94. The molecule has 0 spiro atoms. The van der Waals surface area contributed by atoms with Gasteiger partial charge in [-0.15, -0.1) is 10.2 Å². The monoisotopic (exact) mass is 491 g/mol. The van der Waals surface area contributed by atoms with E-state index in [1.807, 2.05) is 72.5 Å². The lowest BCUT2D eigenvalue weighted by Gasteiger charge is -2.22. The molecular formula is C30H29N5O2. The fourth-order valence-corrected chi connectivity index (χ4v) is 4.93.